The third kappa shape index (κ3) is 3.22. The van der Waals surface area contributed by atoms with Crippen LogP contribution in [0.2, 0.25) is 0 Å². The van der Waals surface area contributed by atoms with Crippen LogP contribution in [0.1, 0.15) is 28.8 Å². The first-order valence-corrected chi connectivity index (χ1v) is 8.65. The molecule has 4 rings (SSSR count). The molecule has 5 nitrogen and oxygen atoms in total. The molecule has 0 unspecified atom stereocenters. The van der Waals surface area contributed by atoms with Crippen molar-refractivity contribution in [1.82, 2.24) is 10.6 Å². The predicted molar refractivity (Wildman–Crippen MR) is 94.6 cm³/mol. The Morgan fingerprint density at radius 3 is 2.72 bits per heavy atom. The van der Waals surface area contributed by atoms with Crippen molar-refractivity contribution in [2.45, 2.75) is 25.3 Å². The summed E-state index contributed by atoms with van der Waals surface area (Å²) in [6, 6.07) is 13.2. The van der Waals surface area contributed by atoms with Crippen LogP contribution in [0.15, 0.2) is 42.5 Å². The summed E-state index contributed by atoms with van der Waals surface area (Å²) in [5.41, 5.74) is 3.96. The van der Waals surface area contributed by atoms with Crippen molar-refractivity contribution in [3.8, 4) is 16.9 Å². The average Bonchev–Trinajstić information content (AvgIpc) is 3.11. The molecule has 128 valence electrons. The molecule has 0 spiro atoms. The van der Waals surface area contributed by atoms with Crippen LogP contribution in [0.25, 0.3) is 11.1 Å². The Hall–Kier alpha value is -2.82. The van der Waals surface area contributed by atoms with Gasteiger partial charge in [-0.15, -0.1) is 0 Å². The molecule has 2 aliphatic rings. The number of rotatable bonds is 3. The average molecular weight is 336 g/mol. The van der Waals surface area contributed by atoms with Gasteiger partial charge in [-0.25, -0.2) is 0 Å². The zero-order valence-electron chi connectivity index (χ0n) is 13.9. The van der Waals surface area contributed by atoms with Crippen LogP contribution in [0.5, 0.6) is 5.75 Å². The topological polar surface area (TPSA) is 67.4 Å². The maximum absolute atomic E-state index is 12.4. The smallest absolute Gasteiger partial charge is 0.251 e. The molecule has 2 amide bonds. The van der Waals surface area contributed by atoms with Crippen LogP contribution in [0.3, 0.4) is 0 Å². The third-order valence-electron chi connectivity index (χ3n) is 4.76. The molecule has 1 saturated heterocycles. The lowest BCUT2D eigenvalue weighted by Gasteiger charge is -2.22. The number of carbonyl (C=O) groups excluding carboxylic acids is 2. The van der Waals surface area contributed by atoms with E-state index >= 15 is 0 Å². The number of fused-ring (bicyclic) bond motifs is 1. The van der Waals surface area contributed by atoms with Gasteiger partial charge in [-0.05, 0) is 53.8 Å². The molecule has 2 aromatic rings. The monoisotopic (exact) mass is 336 g/mol. The Morgan fingerprint density at radius 2 is 1.92 bits per heavy atom. The van der Waals surface area contributed by atoms with E-state index in [1.54, 1.807) is 12.1 Å². The Kier molecular flexibility index (Phi) is 4.14. The molecule has 1 fully saturated rings. The van der Waals surface area contributed by atoms with E-state index in [1.807, 2.05) is 24.3 Å². The summed E-state index contributed by atoms with van der Waals surface area (Å²) in [7, 11) is 0. The Bertz CT molecular complexity index is 814. The summed E-state index contributed by atoms with van der Waals surface area (Å²) in [5, 5.41) is 5.59. The summed E-state index contributed by atoms with van der Waals surface area (Å²) in [5.74, 6) is 0.651. The summed E-state index contributed by atoms with van der Waals surface area (Å²) < 4.78 is 5.54. The maximum Gasteiger partial charge on any atom is 0.251 e. The molecule has 0 aromatic heterocycles. The maximum atomic E-state index is 12.4. The highest BCUT2D eigenvalue weighted by Crippen LogP contribution is 2.30. The van der Waals surface area contributed by atoms with E-state index < -0.39 is 6.04 Å². The van der Waals surface area contributed by atoms with E-state index in [1.165, 1.54) is 5.56 Å². The number of ether oxygens (including phenoxy) is 1. The van der Waals surface area contributed by atoms with Crippen molar-refractivity contribution in [3.63, 3.8) is 0 Å². The minimum Gasteiger partial charge on any atom is -0.493 e. The largest absolute Gasteiger partial charge is 0.493 e. The molecule has 5 heteroatoms. The van der Waals surface area contributed by atoms with Crippen LogP contribution < -0.4 is 15.4 Å². The highest BCUT2D eigenvalue weighted by Gasteiger charge is 2.24. The number of hydrogen-bond acceptors (Lipinski definition) is 3. The highest BCUT2D eigenvalue weighted by atomic mass is 16.5. The van der Waals surface area contributed by atoms with Crippen LogP contribution in [-0.2, 0) is 11.2 Å². The van der Waals surface area contributed by atoms with Gasteiger partial charge in [-0.3, -0.25) is 9.59 Å². The van der Waals surface area contributed by atoms with Gasteiger partial charge in [0.05, 0.1) is 6.61 Å². The number of benzene rings is 2. The first-order valence-electron chi connectivity index (χ1n) is 8.65. The van der Waals surface area contributed by atoms with Crippen molar-refractivity contribution in [3.05, 3.63) is 53.6 Å². The minimum absolute atomic E-state index is 0.100. The molecule has 2 aromatic carbocycles. The standard InChI is InChI=1S/C20H20N2O3/c23-19(22-17-2-1-10-21-20(17)24)14-5-3-13(4-6-14)15-7-8-18-16(12-15)9-11-25-18/h3-8,12,17H,1-2,9-11H2,(H,21,24)(H,22,23)/t17-/m1/s1. The Labute approximate surface area is 146 Å². The molecule has 0 bridgehead atoms. The fourth-order valence-corrected chi connectivity index (χ4v) is 3.33. The Morgan fingerprint density at radius 1 is 1.12 bits per heavy atom. The number of piperidine rings is 1. The molecule has 2 heterocycles. The van der Waals surface area contributed by atoms with Crippen LogP contribution in [-0.4, -0.2) is 31.0 Å². The minimum atomic E-state index is -0.433. The lowest BCUT2D eigenvalue weighted by Crippen LogP contribution is -2.50. The van der Waals surface area contributed by atoms with Crippen LogP contribution in [0, 0.1) is 0 Å². The highest BCUT2D eigenvalue weighted by molar-refractivity contribution is 5.98. The van der Waals surface area contributed by atoms with Gasteiger partial charge in [0.1, 0.15) is 11.8 Å². The predicted octanol–water partition coefficient (Wildman–Crippen LogP) is 2.30. The zero-order chi connectivity index (χ0) is 17.2. The van der Waals surface area contributed by atoms with Gasteiger partial charge >= 0.3 is 0 Å². The second-order valence-corrected chi connectivity index (χ2v) is 6.46. The van der Waals surface area contributed by atoms with E-state index in [0.717, 1.165) is 36.3 Å². The van der Waals surface area contributed by atoms with Crippen molar-refractivity contribution in [2.75, 3.05) is 13.2 Å². The quantitative estimate of drug-likeness (QED) is 0.904. The fourth-order valence-electron chi connectivity index (χ4n) is 3.33. The van der Waals surface area contributed by atoms with Gasteiger partial charge in [0.25, 0.3) is 5.91 Å². The molecule has 2 aliphatic heterocycles. The Balaban J connectivity index is 1.48. The first-order chi connectivity index (χ1) is 12.2. The van der Waals surface area contributed by atoms with Gasteiger partial charge in [-0.2, -0.15) is 0 Å². The SMILES string of the molecule is O=C(N[C@@H]1CCCNC1=O)c1ccc(-c2ccc3c(c2)CCO3)cc1. The summed E-state index contributed by atoms with van der Waals surface area (Å²) in [6.45, 7) is 1.43. The number of hydrogen-bond donors (Lipinski definition) is 2. The molecular weight excluding hydrogens is 316 g/mol. The first kappa shape index (κ1) is 15.7. The molecular formula is C20H20N2O3. The van der Waals surface area contributed by atoms with Crippen molar-refractivity contribution in [2.24, 2.45) is 0 Å². The lowest BCUT2D eigenvalue weighted by atomic mass is 10.0. The third-order valence-corrected chi connectivity index (χ3v) is 4.76. The number of nitrogens with one attached hydrogen (secondary N) is 2. The summed E-state index contributed by atoms with van der Waals surface area (Å²) in [4.78, 5) is 24.1. The summed E-state index contributed by atoms with van der Waals surface area (Å²) in [6.07, 6.45) is 2.51. The zero-order valence-corrected chi connectivity index (χ0v) is 13.9. The van der Waals surface area contributed by atoms with E-state index in [4.69, 9.17) is 4.74 Å². The van der Waals surface area contributed by atoms with Gasteiger partial charge in [-0.1, -0.05) is 18.2 Å². The van der Waals surface area contributed by atoms with E-state index in [2.05, 4.69) is 16.7 Å². The van der Waals surface area contributed by atoms with E-state index in [-0.39, 0.29) is 11.8 Å². The van der Waals surface area contributed by atoms with Crippen molar-refractivity contribution in [1.29, 1.82) is 0 Å². The van der Waals surface area contributed by atoms with Crippen molar-refractivity contribution < 1.29 is 14.3 Å². The van der Waals surface area contributed by atoms with Gasteiger partial charge in [0, 0.05) is 18.5 Å². The van der Waals surface area contributed by atoms with Crippen LogP contribution >= 0.6 is 0 Å². The molecule has 2 N–H and O–H groups in total. The normalized spacial score (nSPS) is 18.9. The molecule has 0 radical (unpaired) electrons. The number of carbonyl (C=O) groups is 2. The van der Waals surface area contributed by atoms with Crippen molar-refractivity contribution >= 4 is 11.8 Å². The second-order valence-electron chi connectivity index (χ2n) is 6.46. The molecule has 25 heavy (non-hydrogen) atoms. The van der Waals surface area contributed by atoms with Crippen LogP contribution in [0.4, 0.5) is 0 Å². The molecule has 0 saturated carbocycles. The number of amides is 2. The fraction of sp³-hybridized carbons (Fsp3) is 0.300. The second kappa shape index (κ2) is 6.59. The van der Waals surface area contributed by atoms with Gasteiger partial charge in [0.15, 0.2) is 0 Å². The lowest BCUT2D eigenvalue weighted by molar-refractivity contribution is -0.124. The summed E-state index contributed by atoms with van der Waals surface area (Å²) >= 11 is 0. The molecule has 0 aliphatic carbocycles. The van der Waals surface area contributed by atoms with Gasteiger partial charge < -0.3 is 15.4 Å². The van der Waals surface area contributed by atoms with Gasteiger partial charge in [0.2, 0.25) is 5.91 Å². The van der Waals surface area contributed by atoms with E-state index in [0.29, 0.717) is 18.5 Å². The van der Waals surface area contributed by atoms with E-state index in [9.17, 15) is 9.59 Å². The molecule has 1 atom stereocenters.